The molecule has 1 aliphatic heterocycles. The van der Waals surface area contributed by atoms with Crippen LogP contribution in [0, 0.1) is 11.3 Å². The summed E-state index contributed by atoms with van der Waals surface area (Å²) in [5.74, 6) is 0. The van der Waals surface area contributed by atoms with Crippen LogP contribution in [-0.4, -0.2) is 99.4 Å². The highest BCUT2D eigenvalue weighted by Gasteiger charge is 2.45. The van der Waals surface area contributed by atoms with Crippen molar-refractivity contribution in [3.8, 4) is 6.07 Å². The van der Waals surface area contributed by atoms with Crippen molar-refractivity contribution in [3.05, 3.63) is 29.8 Å². The fourth-order valence-electron chi connectivity index (χ4n) is 9.66. The molecule has 1 saturated heterocycles. The molecule has 0 saturated carbocycles. The van der Waals surface area contributed by atoms with Crippen molar-refractivity contribution < 1.29 is 39.7 Å². The van der Waals surface area contributed by atoms with E-state index in [2.05, 4.69) is 30.6 Å². The Morgan fingerprint density at radius 2 is 1.04 bits per heavy atom. The lowest BCUT2D eigenvalue weighted by Gasteiger charge is -2.40. The first-order valence-electron chi connectivity index (χ1n) is 29.1. The third-order valence-electron chi connectivity index (χ3n) is 14.3. The summed E-state index contributed by atoms with van der Waals surface area (Å²) < 4.78 is 17.6. The highest BCUT2D eigenvalue weighted by molar-refractivity contribution is 7.80. The number of unbranched alkanes of at least 4 members (excludes halogenated alkanes) is 34. The topological polar surface area (TPSA) is 177 Å². The van der Waals surface area contributed by atoms with E-state index in [1.54, 1.807) is 24.3 Å². The first kappa shape index (κ1) is 64.2. The maximum absolute atomic E-state index is 11.4. The first-order chi connectivity index (χ1) is 34.2. The Balaban J connectivity index is 1.70. The van der Waals surface area contributed by atoms with Gasteiger partial charge < -0.3 is 50.4 Å². The number of ether oxygens (including phenoxy) is 3. The molecule has 1 aromatic rings. The minimum Gasteiger partial charge on any atom is -0.468 e. The number of hydrogen-bond acceptors (Lipinski definition) is 11. The second-order valence-electron chi connectivity index (χ2n) is 20.7. The third-order valence-corrected chi connectivity index (χ3v) is 14.5. The van der Waals surface area contributed by atoms with E-state index in [1.807, 2.05) is 0 Å². The van der Waals surface area contributed by atoms with Crippen LogP contribution in [0.4, 0.5) is 5.69 Å². The molecular weight excluding hydrogens is 899 g/mol. The van der Waals surface area contributed by atoms with E-state index >= 15 is 0 Å². The van der Waals surface area contributed by atoms with Crippen LogP contribution in [-0.2, 0) is 14.2 Å². The van der Waals surface area contributed by atoms with E-state index < -0.39 is 49.0 Å². The van der Waals surface area contributed by atoms with Gasteiger partial charge in [0.1, 0.15) is 31.0 Å². The Morgan fingerprint density at radius 3 is 1.49 bits per heavy atom. The molecule has 70 heavy (non-hydrogen) atoms. The highest BCUT2D eigenvalue weighted by Crippen LogP contribution is 2.24. The summed E-state index contributed by atoms with van der Waals surface area (Å²) in [5.41, 5.74) is 0.997. The number of anilines is 1. The minimum atomic E-state index is -1.59. The molecule has 2 rings (SSSR count). The summed E-state index contributed by atoms with van der Waals surface area (Å²) in [6, 6.07) is 8.12. The quantitative estimate of drug-likeness (QED) is 0.0243. The molecule has 406 valence electrons. The Bertz CT molecular complexity index is 1400. The largest absolute Gasteiger partial charge is 0.468 e. The summed E-state index contributed by atoms with van der Waals surface area (Å²) in [6.45, 7) is 4.80. The van der Waals surface area contributed by atoms with Crippen LogP contribution in [0.15, 0.2) is 24.3 Å². The Morgan fingerprint density at radius 1 is 0.614 bits per heavy atom. The average molecular weight is 1000 g/mol. The number of nitrogens with one attached hydrogen (secondary N) is 2. The van der Waals surface area contributed by atoms with Crippen molar-refractivity contribution in [3.63, 3.8) is 0 Å². The molecule has 0 spiro atoms. The molecule has 11 nitrogen and oxygen atoms in total. The Kier molecular flexibility index (Phi) is 40.9. The lowest BCUT2D eigenvalue weighted by molar-refractivity contribution is -0.302. The van der Waals surface area contributed by atoms with E-state index in [0.29, 0.717) is 24.2 Å². The summed E-state index contributed by atoms with van der Waals surface area (Å²) in [7, 11) is 0. The number of thiocarbonyl (C=S) groups is 1. The standard InChI is InChI=1S/C58H105N3O8S/c1-3-5-7-9-11-13-15-17-18-19-20-21-22-23-24-25-26-27-28-30-32-34-36-38-43-60-50(53(63)51(62)42-37-35-33-31-29-16-14-12-10-8-6-4-2)46-67-57-56(66)55(65)54(64)52(69-57)47-68-58(70)61-49-41-39-40-48(44-49)45-59/h39-41,44,50-57,60,62-66H,3-38,42-43,46-47H2,1-2H3,(H,61,70)/t50-,51+,52+,53-,54-,55-,56+,57+/m0/s1. The zero-order valence-electron chi connectivity index (χ0n) is 44.5. The van der Waals surface area contributed by atoms with Gasteiger partial charge in [-0.15, -0.1) is 0 Å². The number of hydrogen-bond donors (Lipinski definition) is 7. The predicted octanol–water partition coefficient (Wildman–Crippen LogP) is 13.2. The van der Waals surface area contributed by atoms with Crippen molar-refractivity contribution in [2.24, 2.45) is 0 Å². The molecule has 0 bridgehead atoms. The van der Waals surface area contributed by atoms with Crippen molar-refractivity contribution in [1.82, 2.24) is 5.32 Å². The number of nitrogens with zero attached hydrogens (tertiary/aromatic N) is 1. The van der Waals surface area contributed by atoms with E-state index in [9.17, 15) is 30.8 Å². The summed E-state index contributed by atoms with van der Waals surface area (Å²) >= 11 is 5.30. The van der Waals surface area contributed by atoms with Gasteiger partial charge in [-0.1, -0.05) is 245 Å². The van der Waals surface area contributed by atoms with Gasteiger partial charge in [0.25, 0.3) is 5.17 Å². The van der Waals surface area contributed by atoms with Gasteiger partial charge in [0.15, 0.2) is 6.29 Å². The molecule has 0 aliphatic carbocycles. The van der Waals surface area contributed by atoms with Crippen molar-refractivity contribution in [2.75, 3.05) is 25.1 Å². The molecule has 0 radical (unpaired) electrons. The van der Waals surface area contributed by atoms with Gasteiger partial charge in [-0.2, -0.15) is 5.26 Å². The van der Waals surface area contributed by atoms with Crippen LogP contribution in [0.25, 0.3) is 0 Å². The van der Waals surface area contributed by atoms with E-state index in [0.717, 1.165) is 38.5 Å². The van der Waals surface area contributed by atoms with E-state index in [4.69, 9.17) is 26.4 Å². The number of aliphatic hydroxyl groups is 5. The van der Waals surface area contributed by atoms with Crippen LogP contribution in [0.2, 0.25) is 0 Å². The molecule has 8 atom stereocenters. The zero-order chi connectivity index (χ0) is 50.7. The van der Waals surface area contributed by atoms with E-state index in [1.165, 1.54) is 193 Å². The average Bonchev–Trinajstić information content (AvgIpc) is 3.36. The van der Waals surface area contributed by atoms with Gasteiger partial charge in [-0.25, -0.2) is 0 Å². The normalized spacial score (nSPS) is 19.4. The van der Waals surface area contributed by atoms with Crippen molar-refractivity contribution in [1.29, 1.82) is 5.26 Å². The molecule has 0 aromatic heterocycles. The van der Waals surface area contributed by atoms with Gasteiger partial charge in [0.05, 0.1) is 36.5 Å². The number of aliphatic hydroxyl groups excluding tert-OH is 5. The molecular formula is C58H105N3O8S. The second-order valence-corrected chi connectivity index (χ2v) is 21.1. The summed E-state index contributed by atoms with van der Waals surface area (Å²) in [6.07, 6.45) is 38.1. The predicted molar refractivity (Wildman–Crippen MR) is 292 cm³/mol. The SMILES string of the molecule is CCCCCCCCCCCCCCCCCCCCCCCCCCN[C@@H](CO[C@@H]1O[C@H](COC(=S)Nc2cccc(C#N)c2)[C@H](O)[C@H](O)[C@H]1O)[C@H](O)[C@H](O)CCCCCCCCCCCCCC. The molecule has 7 N–H and O–H groups in total. The molecule has 1 fully saturated rings. The van der Waals surface area contributed by atoms with Crippen LogP contribution in [0.1, 0.15) is 257 Å². The van der Waals surface area contributed by atoms with Crippen LogP contribution in [0.3, 0.4) is 0 Å². The fourth-order valence-corrected chi connectivity index (χ4v) is 9.84. The maximum Gasteiger partial charge on any atom is 0.261 e. The zero-order valence-corrected chi connectivity index (χ0v) is 45.3. The van der Waals surface area contributed by atoms with Crippen LogP contribution < -0.4 is 10.6 Å². The fraction of sp³-hybridized carbons (Fsp3) is 0.862. The molecule has 1 aromatic carbocycles. The third kappa shape index (κ3) is 32.3. The number of rotatable bonds is 47. The highest BCUT2D eigenvalue weighted by atomic mass is 32.1. The first-order valence-corrected chi connectivity index (χ1v) is 29.5. The summed E-state index contributed by atoms with van der Waals surface area (Å²) in [4.78, 5) is 0. The lowest BCUT2D eigenvalue weighted by Crippen LogP contribution is -2.60. The van der Waals surface area contributed by atoms with Gasteiger partial charge in [0.2, 0.25) is 0 Å². The van der Waals surface area contributed by atoms with Gasteiger partial charge >= 0.3 is 0 Å². The van der Waals surface area contributed by atoms with Gasteiger partial charge in [-0.3, -0.25) is 0 Å². The summed E-state index contributed by atoms with van der Waals surface area (Å²) in [5, 5.41) is 70.4. The molecule has 12 heteroatoms. The van der Waals surface area contributed by atoms with Crippen LogP contribution in [0.5, 0.6) is 0 Å². The second kappa shape index (κ2) is 44.6. The molecule has 0 amide bonds. The Labute approximate surface area is 433 Å². The molecule has 0 unspecified atom stereocenters. The van der Waals surface area contributed by atoms with Gasteiger partial charge in [-0.05, 0) is 49.8 Å². The maximum atomic E-state index is 11.4. The minimum absolute atomic E-state index is 0.0285. The molecule has 1 heterocycles. The lowest BCUT2D eigenvalue weighted by atomic mass is 9.98. The number of benzene rings is 1. The van der Waals surface area contributed by atoms with Gasteiger partial charge in [0, 0.05) is 5.69 Å². The van der Waals surface area contributed by atoms with Crippen molar-refractivity contribution >= 4 is 23.1 Å². The monoisotopic (exact) mass is 1000 g/mol. The van der Waals surface area contributed by atoms with Crippen LogP contribution >= 0.6 is 12.2 Å². The Hall–Kier alpha value is -1.92. The number of nitriles is 1. The van der Waals surface area contributed by atoms with E-state index in [-0.39, 0.29) is 18.4 Å². The van der Waals surface area contributed by atoms with Crippen molar-refractivity contribution in [2.45, 2.75) is 300 Å². The molecule has 1 aliphatic rings. The smallest absolute Gasteiger partial charge is 0.261 e.